The molecule has 98 valence electrons. The molecule has 4 nitrogen and oxygen atoms in total. The van der Waals surface area contributed by atoms with E-state index in [2.05, 4.69) is 11.1 Å². The van der Waals surface area contributed by atoms with Crippen molar-refractivity contribution < 1.29 is 39.5 Å². The Morgan fingerprint density at radius 1 is 1.45 bits per heavy atom. The van der Waals surface area contributed by atoms with Gasteiger partial charge in [0.2, 0.25) is 0 Å². The number of nitrogens with zero attached hydrogens (tertiary/aromatic N) is 2. The van der Waals surface area contributed by atoms with E-state index in [4.69, 9.17) is 0 Å². The molecule has 0 aromatic carbocycles. The van der Waals surface area contributed by atoms with Crippen LogP contribution >= 0.6 is 11.3 Å². The molecule has 20 heavy (non-hydrogen) atoms. The van der Waals surface area contributed by atoms with Crippen molar-refractivity contribution in [2.24, 2.45) is 0 Å². The monoisotopic (exact) mass is 296 g/mol. The molecule has 0 atom stereocenters. The molecule has 0 saturated heterocycles. The molecule has 0 amide bonds. The number of carboxylic acid groups (broad SMARTS) is 1. The molecule has 0 aliphatic heterocycles. The quantitative estimate of drug-likeness (QED) is 0.630. The van der Waals surface area contributed by atoms with E-state index >= 15 is 0 Å². The van der Waals surface area contributed by atoms with Crippen molar-refractivity contribution in [3.05, 3.63) is 45.7 Å². The van der Waals surface area contributed by atoms with Gasteiger partial charge in [-0.05, 0) is 42.5 Å². The normalized spacial score (nSPS) is 13.3. The van der Waals surface area contributed by atoms with Gasteiger partial charge in [-0.1, -0.05) is 0 Å². The van der Waals surface area contributed by atoms with Crippen molar-refractivity contribution in [2.75, 3.05) is 0 Å². The maximum Gasteiger partial charge on any atom is 1.00 e. The van der Waals surface area contributed by atoms with E-state index in [1.54, 1.807) is 23.6 Å². The summed E-state index contributed by atoms with van der Waals surface area (Å²) >= 11 is 1.68. The van der Waals surface area contributed by atoms with Crippen LogP contribution in [0.5, 0.6) is 0 Å². The second kappa shape index (κ2) is 6.72. The van der Waals surface area contributed by atoms with Crippen LogP contribution in [0.3, 0.4) is 0 Å². The van der Waals surface area contributed by atoms with Crippen molar-refractivity contribution in [1.29, 1.82) is 0 Å². The van der Waals surface area contributed by atoms with Gasteiger partial charge in [-0.3, -0.25) is 0 Å². The predicted molar refractivity (Wildman–Crippen MR) is 71.6 cm³/mol. The molecule has 1 aliphatic carbocycles. The van der Waals surface area contributed by atoms with E-state index in [-0.39, 0.29) is 29.6 Å². The summed E-state index contributed by atoms with van der Waals surface area (Å²) in [5.74, 6) is -1.04. The van der Waals surface area contributed by atoms with Crippen LogP contribution in [-0.4, -0.2) is 15.5 Å². The van der Waals surface area contributed by atoms with Gasteiger partial charge in [-0.2, -0.15) is 0 Å². The molecule has 1 aliphatic rings. The molecule has 3 rings (SSSR count). The minimum absolute atomic E-state index is 0. The molecular weight excluding hydrogens is 283 g/mol. The number of thiophene rings is 1. The standard InChI is InChI=1S/C14H14N2O2S.Na/c17-14(18)11-2-1-10-7-12(19-13(10)8-11)3-5-16-6-4-15-9-16;/h4,6-9H,1-3,5H2,(H,17,18);/q;+1/p-1. The van der Waals surface area contributed by atoms with Crippen molar-refractivity contribution in [3.8, 4) is 0 Å². The number of rotatable bonds is 4. The molecule has 2 heterocycles. The van der Waals surface area contributed by atoms with E-state index in [1.165, 1.54) is 10.4 Å². The summed E-state index contributed by atoms with van der Waals surface area (Å²) in [6.45, 7) is 0.899. The average Bonchev–Trinajstić information content (AvgIpc) is 3.04. The minimum Gasteiger partial charge on any atom is -0.545 e. The van der Waals surface area contributed by atoms with E-state index in [0.717, 1.165) is 24.3 Å². The summed E-state index contributed by atoms with van der Waals surface area (Å²) < 4.78 is 2.04. The fourth-order valence-electron chi connectivity index (χ4n) is 2.26. The van der Waals surface area contributed by atoms with Gasteiger partial charge >= 0.3 is 29.6 Å². The predicted octanol–water partition coefficient (Wildman–Crippen LogP) is -1.73. The number of fused-ring (bicyclic) bond motifs is 1. The van der Waals surface area contributed by atoms with Crippen molar-refractivity contribution in [1.82, 2.24) is 9.55 Å². The van der Waals surface area contributed by atoms with E-state index in [1.807, 2.05) is 17.1 Å². The number of aryl methyl sites for hydroxylation is 3. The third-order valence-corrected chi connectivity index (χ3v) is 4.48. The summed E-state index contributed by atoms with van der Waals surface area (Å²) in [5.41, 5.74) is 1.67. The summed E-state index contributed by atoms with van der Waals surface area (Å²) in [5, 5.41) is 10.9. The van der Waals surface area contributed by atoms with Gasteiger partial charge in [0, 0.05) is 28.7 Å². The van der Waals surface area contributed by atoms with Gasteiger partial charge in [0.25, 0.3) is 0 Å². The number of imidazole rings is 1. The second-order valence-corrected chi connectivity index (χ2v) is 5.78. The first-order valence-electron chi connectivity index (χ1n) is 6.21. The fraction of sp³-hybridized carbons (Fsp3) is 0.286. The topological polar surface area (TPSA) is 57.9 Å². The van der Waals surface area contributed by atoms with Crippen LogP contribution in [-0.2, 0) is 24.2 Å². The Morgan fingerprint density at radius 3 is 3.00 bits per heavy atom. The van der Waals surface area contributed by atoms with Crippen LogP contribution in [0, 0.1) is 0 Å². The molecule has 0 spiro atoms. The largest absolute Gasteiger partial charge is 1.00 e. The summed E-state index contributed by atoms with van der Waals surface area (Å²) in [6, 6.07) is 2.19. The van der Waals surface area contributed by atoms with Crippen LogP contribution in [0.25, 0.3) is 6.08 Å². The summed E-state index contributed by atoms with van der Waals surface area (Å²) in [6.07, 6.45) is 9.61. The fourth-order valence-corrected chi connectivity index (χ4v) is 3.43. The maximum atomic E-state index is 10.9. The first-order chi connectivity index (χ1) is 9.22. The Labute approximate surface area is 143 Å². The number of aromatic nitrogens is 2. The first kappa shape index (κ1) is 15.5. The number of carbonyl (C=O) groups is 1. The van der Waals surface area contributed by atoms with Gasteiger partial charge in [0.15, 0.2) is 0 Å². The Balaban J connectivity index is 0.00000147. The smallest absolute Gasteiger partial charge is 0.545 e. The van der Waals surface area contributed by atoms with Gasteiger partial charge in [-0.25, -0.2) is 4.98 Å². The maximum absolute atomic E-state index is 10.9. The SMILES string of the molecule is O=C([O-])C1=Cc2sc(CCn3ccnc3)cc2CC1.[Na+]. The minimum atomic E-state index is -1.04. The number of carbonyl (C=O) groups excluding carboxylic acids is 1. The zero-order valence-corrected chi connectivity index (χ0v) is 14.2. The van der Waals surface area contributed by atoms with Crippen molar-refractivity contribution >= 4 is 23.4 Å². The Bertz CT molecular complexity index is 632. The summed E-state index contributed by atoms with van der Waals surface area (Å²) in [4.78, 5) is 17.2. The molecule has 0 radical (unpaired) electrons. The molecule has 0 fully saturated rings. The Hall–Kier alpha value is -0.880. The van der Waals surface area contributed by atoms with Gasteiger partial charge in [-0.15, -0.1) is 11.3 Å². The van der Waals surface area contributed by atoms with Gasteiger partial charge < -0.3 is 14.5 Å². The van der Waals surface area contributed by atoms with Crippen LogP contribution < -0.4 is 34.7 Å². The first-order valence-corrected chi connectivity index (χ1v) is 7.03. The van der Waals surface area contributed by atoms with Crippen LogP contribution in [0.15, 0.2) is 30.4 Å². The molecule has 2 aromatic rings. The molecule has 0 N–H and O–H groups in total. The number of hydrogen-bond donors (Lipinski definition) is 0. The molecule has 2 aromatic heterocycles. The molecule has 0 unspecified atom stereocenters. The van der Waals surface area contributed by atoms with E-state index < -0.39 is 5.97 Å². The zero-order chi connectivity index (χ0) is 13.2. The summed E-state index contributed by atoms with van der Waals surface area (Å²) in [7, 11) is 0. The van der Waals surface area contributed by atoms with Crippen LogP contribution in [0.4, 0.5) is 0 Å². The van der Waals surface area contributed by atoms with Crippen LogP contribution in [0.2, 0.25) is 0 Å². The van der Waals surface area contributed by atoms with Crippen LogP contribution in [0.1, 0.15) is 21.7 Å². The van der Waals surface area contributed by atoms with Gasteiger partial charge in [0.1, 0.15) is 0 Å². The molecule has 0 bridgehead atoms. The average molecular weight is 296 g/mol. The third kappa shape index (κ3) is 3.41. The van der Waals surface area contributed by atoms with Gasteiger partial charge in [0.05, 0.1) is 12.3 Å². The Morgan fingerprint density at radius 2 is 2.30 bits per heavy atom. The third-order valence-electron chi connectivity index (χ3n) is 3.30. The molecular formula is C14H13N2NaO2S. The Kier molecular flexibility index (Phi) is 5.21. The second-order valence-electron chi connectivity index (χ2n) is 4.61. The van der Waals surface area contributed by atoms with Crippen molar-refractivity contribution in [2.45, 2.75) is 25.8 Å². The van der Waals surface area contributed by atoms with Crippen molar-refractivity contribution in [3.63, 3.8) is 0 Å². The number of hydrogen-bond acceptors (Lipinski definition) is 4. The number of carboxylic acids is 1. The molecule has 0 saturated carbocycles. The zero-order valence-electron chi connectivity index (χ0n) is 11.3. The number of aliphatic carboxylic acids is 1. The van der Waals surface area contributed by atoms with E-state index in [0.29, 0.717) is 12.0 Å². The van der Waals surface area contributed by atoms with E-state index in [9.17, 15) is 9.90 Å². The molecule has 6 heteroatoms.